The summed E-state index contributed by atoms with van der Waals surface area (Å²) in [5.74, 6) is 1.69. The smallest absolute Gasteiger partial charge is 0.181 e. The third-order valence-corrected chi connectivity index (χ3v) is 3.31. The van der Waals surface area contributed by atoms with Gasteiger partial charge >= 0.3 is 0 Å². The first-order chi connectivity index (χ1) is 8.24. The van der Waals surface area contributed by atoms with Gasteiger partial charge in [0.25, 0.3) is 0 Å². The topological polar surface area (TPSA) is 56.7 Å². The molecule has 4 nitrogen and oxygen atoms in total. The van der Waals surface area contributed by atoms with Crippen LogP contribution in [0.3, 0.4) is 0 Å². The van der Waals surface area contributed by atoms with E-state index in [1.807, 2.05) is 19.2 Å². The summed E-state index contributed by atoms with van der Waals surface area (Å²) in [5, 5.41) is 4.40. The zero-order chi connectivity index (χ0) is 12.3. The lowest BCUT2D eigenvalue weighted by atomic mass is 10.2. The van der Waals surface area contributed by atoms with Crippen molar-refractivity contribution in [1.29, 1.82) is 0 Å². The van der Waals surface area contributed by atoms with Crippen LogP contribution in [-0.2, 0) is 13.5 Å². The number of hydrogen-bond acceptors (Lipinski definition) is 4. The van der Waals surface area contributed by atoms with Gasteiger partial charge in [-0.3, -0.25) is 4.68 Å². The lowest BCUT2D eigenvalue weighted by molar-refractivity contribution is 0.697. The molecule has 1 heterocycles. The fourth-order valence-corrected chi connectivity index (χ4v) is 2.03. The van der Waals surface area contributed by atoms with Gasteiger partial charge in [-0.15, -0.1) is 11.8 Å². The third kappa shape index (κ3) is 2.68. The number of benzene rings is 1. The van der Waals surface area contributed by atoms with E-state index in [2.05, 4.69) is 28.5 Å². The van der Waals surface area contributed by atoms with Gasteiger partial charge in [0.15, 0.2) is 5.82 Å². The second-order valence-corrected chi connectivity index (χ2v) is 4.62. The van der Waals surface area contributed by atoms with Gasteiger partial charge in [0.1, 0.15) is 5.82 Å². The van der Waals surface area contributed by atoms with E-state index < -0.39 is 0 Å². The normalized spacial score (nSPS) is 10.8. The van der Waals surface area contributed by atoms with Gasteiger partial charge in [-0.05, 0) is 24.9 Å². The maximum Gasteiger partial charge on any atom is 0.181 e. The molecule has 0 spiro atoms. The van der Waals surface area contributed by atoms with Gasteiger partial charge in [0.05, 0.1) is 0 Å². The Labute approximate surface area is 105 Å². The first-order valence-corrected chi connectivity index (χ1v) is 6.71. The summed E-state index contributed by atoms with van der Waals surface area (Å²) in [6.07, 6.45) is 2.82. The van der Waals surface area contributed by atoms with E-state index in [-0.39, 0.29) is 0 Å². The molecule has 1 aromatic heterocycles. The zero-order valence-corrected chi connectivity index (χ0v) is 10.9. The summed E-state index contributed by atoms with van der Waals surface area (Å²) < 4.78 is 1.80. The molecule has 0 amide bonds. The Morgan fingerprint density at radius 1 is 1.29 bits per heavy atom. The van der Waals surface area contributed by atoms with Crippen LogP contribution in [0.25, 0.3) is 11.4 Å². The van der Waals surface area contributed by atoms with E-state index >= 15 is 0 Å². The largest absolute Gasteiger partial charge is 0.330 e. The monoisotopic (exact) mass is 248 g/mol. The first kappa shape index (κ1) is 12.1. The average molecular weight is 248 g/mol. The van der Waals surface area contributed by atoms with Gasteiger partial charge in [0.2, 0.25) is 0 Å². The Balaban J connectivity index is 2.29. The molecule has 0 saturated heterocycles. The number of aryl methyl sites for hydroxylation is 1. The van der Waals surface area contributed by atoms with Crippen molar-refractivity contribution in [3.05, 3.63) is 30.1 Å². The fourth-order valence-electron chi connectivity index (χ4n) is 1.63. The highest BCUT2D eigenvalue weighted by molar-refractivity contribution is 7.98. The lowest BCUT2D eigenvalue weighted by Crippen LogP contribution is -2.08. The average Bonchev–Trinajstić information content (AvgIpc) is 2.72. The molecule has 0 bridgehead atoms. The van der Waals surface area contributed by atoms with Gasteiger partial charge in [-0.2, -0.15) is 5.10 Å². The van der Waals surface area contributed by atoms with E-state index in [9.17, 15) is 0 Å². The van der Waals surface area contributed by atoms with Crippen molar-refractivity contribution in [1.82, 2.24) is 14.8 Å². The molecule has 0 saturated carbocycles. The molecule has 0 fully saturated rings. The Bertz CT molecular complexity index is 490. The number of thioether (sulfide) groups is 1. The number of hydrogen-bond donors (Lipinski definition) is 1. The fraction of sp³-hybridized carbons (Fsp3) is 0.333. The third-order valence-electron chi connectivity index (χ3n) is 2.57. The molecule has 2 rings (SSSR count). The summed E-state index contributed by atoms with van der Waals surface area (Å²) in [6.45, 7) is 0.595. The predicted molar refractivity (Wildman–Crippen MR) is 71.0 cm³/mol. The van der Waals surface area contributed by atoms with Crippen molar-refractivity contribution in [3.63, 3.8) is 0 Å². The lowest BCUT2D eigenvalue weighted by Gasteiger charge is -1.97. The number of nitrogens with two attached hydrogens (primary N) is 1. The van der Waals surface area contributed by atoms with Crippen molar-refractivity contribution in [2.45, 2.75) is 11.3 Å². The van der Waals surface area contributed by atoms with Gasteiger partial charge < -0.3 is 5.73 Å². The molecule has 0 atom stereocenters. The summed E-state index contributed by atoms with van der Waals surface area (Å²) in [5.41, 5.74) is 6.57. The van der Waals surface area contributed by atoms with Crippen LogP contribution in [0.1, 0.15) is 5.82 Å². The second kappa shape index (κ2) is 5.33. The Morgan fingerprint density at radius 3 is 2.59 bits per heavy atom. The molecule has 0 radical (unpaired) electrons. The quantitative estimate of drug-likeness (QED) is 0.837. The molecule has 0 aliphatic rings. The molecule has 5 heteroatoms. The van der Waals surface area contributed by atoms with Crippen LogP contribution >= 0.6 is 11.8 Å². The van der Waals surface area contributed by atoms with Gasteiger partial charge in [0, 0.05) is 23.9 Å². The van der Waals surface area contributed by atoms with Crippen LogP contribution in [0.2, 0.25) is 0 Å². The zero-order valence-electron chi connectivity index (χ0n) is 10.1. The Hall–Kier alpha value is -1.33. The van der Waals surface area contributed by atoms with Crippen molar-refractivity contribution >= 4 is 11.8 Å². The number of nitrogens with zero attached hydrogens (tertiary/aromatic N) is 3. The maximum atomic E-state index is 5.53. The van der Waals surface area contributed by atoms with E-state index in [1.54, 1.807) is 16.4 Å². The van der Waals surface area contributed by atoms with Crippen molar-refractivity contribution in [2.24, 2.45) is 12.8 Å². The molecule has 90 valence electrons. The van der Waals surface area contributed by atoms with Crippen LogP contribution in [0, 0.1) is 0 Å². The van der Waals surface area contributed by atoms with Crippen LogP contribution in [0.5, 0.6) is 0 Å². The van der Waals surface area contributed by atoms with Gasteiger partial charge in [-0.25, -0.2) is 4.98 Å². The highest BCUT2D eigenvalue weighted by atomic mass is 32.2. The predicted octanol–water partition coefficient (Wildman–Crippen LogP) is 1.71. The summed E-state index contributed by atoms with van der Waals surface area (Å²) >= 11 is 1.73. The number of aromatic nitrogens is 3. The van der Waals surface area contributed by atoms with Crippen molar-refractivity contribution in [2.75, 3.05) is 12.8 Å². The van der Waals surface area contributed by atoms with E-state index in [0.717, 1.165) is 23.6 Å². The molecular formula is C12H16N4S. The second-order valence-electron chi connectivity index (χ2n) is 3.74. The maximum absolute atomic E-state index is 5.53. The summed E-state index contributed by atoms with van der Waals surface area (Å²) in [7, 11) is 1.90. The van der Waals surface area contributed by atoms with E-state index in [0.29, 0.717) is 6.54 Å². The van der Waals surface area contributed by atoms with Crippen LogP contribution in [-0.4, -0.2) is 27.6 Å². The standard InChI is InChI=1S/C12H16N4S/c1-16-11(7-8-13)14-12(15-16)9-3-5-10(17-2)6-4-9/h3-6H,7-8,13H2,1-2H3. The summed E-state index contributed by atoms with van der Waals surface area (Å²) in [6, 6.07) is 8.26. The van der Waals surface area contributed by atoms with Crippen molar-refractivity contribution in [3.8, 4) is 11.4 Å². The highest BCUT2D eigenvalue weighted by Gasteiger charge is 2.08. The molecule has 17 heavy (non-hydrogen) atoms. The van der Waals surface area contributed by atoms with Crippen LogP contribution in [0.4, 0.5) is 0 Å². The molecule has 0 aliphatic carbocycles. The SMILES string of the molecule is CSc1ccc(-c2nc(CCN)n(C)n2)cc1. The molecular weight excluding hydrogens is 232 g/mol. The molecule has 0 aliphatic heterocycles. The molecule has 2 aromatic rings. The first-order valence-electron chi connectivity index (χ1n) is 5.49. The Kier molecular flexibility index (Phi) is 3.81. The molecule has 2 N–H and O–H groups in total. The van der Waals surface area contributed by atoms with Crippen LogP contribution in [0.15, 0.2) is 29.2 Å². The molecule has 1 aromatic carbocycles. The summed E-state index contributed by atoms with van der Waals surface area (Å²) in [4.78, 5) is 5.73. The minimum atomic E-state index is 0.595. The van der Waals surface area contributed by atoms with Crippen LogP contribution < -0.4 is 5.73 Å². The van der Waals surface area contributed by atoms with Crippen molar-refractivity contribution < 1.29 is 0 Å². The van der Waals surface area contributed by atoms with E-state index in [4.69, 9.17) is 5.73 Å². The molecule has 0 unspecified atom stereocenters. The number of rotatable bonds is 4. The van der Waals surface area contributed by atoms with Gasteiger partial charge in [-0.1, -0.05) is 12.1 Å². The minimum absolute atomic E-state index is 0.595. The highest BCUT2D eigenvalue weighted by Crippen LogP contribution is 2.20. The minimum Gasteiger partial charge on any atom is -0.330 e. The van der Waals surface area contributed by atoms with E-state index in [1.165, 1.54) is 4.90 Å². The Morgan fingerprint density at radius 2 is 2.00 bits per heavy atom.